The van der Waals surface area contributed by atoms with E-state index in [1.54, 1.807) is 4.90 Å². The maximum atomic E-state index is 13.4. The molecule has 0 unspecified atom stereocenters. The lowest BCUT2D eigenvalue weighted by Gasteiger charge is -2.41. The van der Waals surface area contributed by atoms with Gasteiger partial charge in [-0.3, -0.25) is 14.4 Å². The van der Waals surface area contributed by atoms with Crippen molar-refractivity contribution in [1.29, 1.82) is 0 Å². The molecule has 1 aliphatic carbocycles. The number of nitrogens with one attached hydrogen (secondary N) is 2. The summed E-state index contributed by atoms with van der Waals surface area (Å²) >= 11 is 0. The van der Waals surface area contributed by atoms with Gasteiger partial charge in [-0.25, -0.2) is 0 Å². The number of carbonyl (C=O) groups is 2. The van der Waals surface area contributed by atoms with Crippen LogP contribution in [-0.4, -0.2) is 52.5 Å². The predicted octanol–water partition coefficient (Wildman–Crippen LogP) is 2.22. The van der Waals surface area contributed by atoms with Gasteiger partial charge in [0, 0.05) is 31.5 Å². The van der Waals surface area contributed by atoms with E-state index in [9.17, 15) is 14.4 Å². The molecule has 0 spiro atoms. The standard InChI is InChI=1S/C21H31N3O4/c1-3-21(2,20(27)23-16-7-4-5-8-16)24(14-17-9-6-12-28-17)19(26)15-10-11-18(25)22-13-15/h10-11,13,16-17H,3-9,12,14H2,1-2H3,(H,22,25)(H,23,27)/t17-,21+/m1/s1. The molecule has 2 amide bonds. The molecule has 7 heteroatoms. The molecule has 1 aliphatic heterocycles. The van der Waals surface area contributed by atoms with Crippen molar-refractivity contribution in [3.8, 4) is 0 Å². The molecule has 2 fully saturated rings. The van der Waals surface area contributed by atoms with E-state index in [0.29, 0.717) is 25.1 Å². The molecule has 0 radical (unpaired) electrons. The molecule has 1 aromatic heterocycles. The lowest BCUT2D eigenvalue weighted by atomic mass is 9.92. The maximum absolute atomic E-state index is 13.4. The number of amides is 2. The van der Waals surface area contributed by atoms with Crippen LogP contribution in [0.3, 0.4) is 0 Å². The third-order valence-corrected chi connectivity index (χ3v) is 6.15. The van der Waals surface area contributed by atoms with Crippen LogP contribution in [0.1, 0.15) is 69.2 Å². The fraction of sp³-hybridized carbons (Fsp3) is 0.667. The molecular weight excluding hydrogens is 358 g/mol. The van der Waals surface area contributed by atoms with Crippen LogP contribution >= 0.6 is 0 Å². The quantitative estimate of drug-likeness (QED) is 0.748. The molecule has 0 aromatic carbocycles. The van der Waals surface area contributed by atoms with Crippen LogP contribution in [0.2, 0.25) is 0 Å². The number of carbonyl (C=O) groups excluding carboxylic acids is 2. The number of rotatable bonds is 7. The Labute approximate surface area is 165 Å². The Bertz CT molecular complexity index is 730. The Morgan fingerprint density at radius 3 is 2.57 bits per heavy atom. The lowest BCUT2D eigenvalue weighted by Crippen LogP contribution is -2.61. The van der Waals surface area contributed by atoms with Crippen molar-refractivity contribution in [2.45, 2.75) is 76.5 Å². The molecular formula is C21H31N3O4. The van der Waals surface area contributed by atoms with Gasteiger partial charge in [0.1, 0.15) is 5.54 Å². The molecule has 2 N–H and O–H groups in total. The van der Waals surface area contributed by atoms with Crippen molar-refractivity contribution < 1.29 is 14.3 Å². The summed E-state index contributed by atoms with van der Waals surface area (Å²) in [6, 6.07) is 3.03. The van der Waals surface area contributed by atoms with Crippen molar-refractivity contribution >= 4 is 11.8 Å². The Kier molecular flexibility index (Phi) is 6.54. The van der Waals surface area contributed by atoms with Crippen LogP contribution in [0.4, 0.5) is 0 Å². The van der Waals surface area contributed by atoms with Gasteiger partial charge in [-0.1, -0.05) is 19.8 Å². The first-order valence-electron chi connectivity index (χ1n) is 10.4. The predicted molar refractivity (Wildman–Crippen MR) is 106 cm³/mol. The Morgan fingerprint density at radius 2 is 2.00 bits per heavy atom. The van der Waals surface area contributed by atoms with Crippen molar-refractivity contribution in [1.82, 2.24) is 15.2 Å². The molecule has 7 nitrogen and oxygen atoms in total. The molecule has 2 atom stereocenters. The average Bonchev–Trinajstić information content (AvgIpc) is 3.39. The smallest absolute Gasteiger partial charge is 0.256 e. The number of hydrogen-bond acceptors (Lipinski definition) is 4. The number of ether oxygens (including phenoxy) is 1. The number of H-pyrrole nitrogens is 1. The van der Waals surface area contributed by atoms with E-state index in [2.05, 4.69) is 10.3 Å². The van der Waals surface area contributed by atoms with Gasteiger partial charge in [-0.2, -0.15) is 0 Å². The monoisotopic (exact) mass is 389 g/mol. The number of pyridine rings is 1. The van der Waals surface area contributed by atoms with Crippen LogP contribution in [0.25, 0.3) is 0 Å². The van der Waals surface area contributed by atoms with Crippen LogP contribution in [0.15, 0.2) is 23.1 Å². The molecule has 1 saturated carbocycles. The fourth-order valence-corrected chi connectivity index (χ4v) is 4.08. The third-order valence-electron chi connectivity index (χ3n) is 6.15. The van der Waals surface area contributed by atoms with Crippen LogP contribution in [-0.2, 0) is 9.53 Å². The first-order valence-corrected chi connectivity index (χ1v) is 10.4. The van der Waals surface area contributed by atoms with Crippen molar-refractivity contribution in [2.75, 3.05) is 13.2 Å². The number of nitrogens with zero attached hydrogens (tertiary/aromatic N) is 1. The zero-order chi connectivity index (χ0) is 20.1. The van der Waals surface area contributed by atoms with E-state index in [1.165, 1.54) is 18.3 Å². The highest BCUT2D eigenvalue weighted by molar-refractivity contribution is 5.99. The SMILES string of the molecule is CC[C@@](C)(C(=O)NC1CCCC1)N(C[C@H]1CCCO1)C(=O)c1ccc(=O)[nH]c1. The Balaban J connectivity index is 1.87. The first-order chi connectivity index (χ1) is 13.4. The van der Waals surface area contributed by atoms with E-state index in [1.807, 2.05) is 13.8 Å². The van der Waals surface area contributed by atoms with Crippen molar-refractivity contribution in [2.24, 2.45) is 0 Å². The van der Waals surface area contributed by atoms with E-state index >= 15 is 0 Å². The summed E-state index contributed by atoms with van der Waals surface area (Å²) in [4.78, 5) is 42.2. The minimum atomic E-state index is -0.984. The van der Waals surface area contributed by atoms with E-state index < -0.39 is 5.54 Å². The first kappa shape index (κ1) is 20.6. The summed E-state index contributed by atoms with van der Waals surface area (Å²) in [5, 5.41) is 3.16. The minimum Gasteiger partial charge on any atom is -0.376 e. The Hall–Kier alpha value is -2.15. The van der Waals surface area contributed by atoms with E-state index in [4.69, 9.17) is 4.74 Å². The van der Waals surface area contributed by atoms with Crippen LogP contribution in [0.5, 0.6) is 0 Å². The molecule has 0 bridgehead atoms. The highest BCUT2D eigenvalue weighted by Gasteiger charge is 2.43. The van der Waals surface area contributed by atoms with Crippen LogP contribution < -0.4 is 10.9 Å². The summed E-state index contributed by atoms with van der Waals surface area (Å²) < 4.78 is 5.76. The highest BCUT2D eigenvalue weighted by Crippen LogP contribution is 2.27. The zero-order valence-corrected chi connectivity index (χ0v) is 16.8. The molecule has 2 heterocycles. The van der Waals surface area contributed by atoms with Gasteiger partial charge in [-0.05, 0) is 45.1 Å². The molecule has 1 aromatic rings. The third kappa shape index (κ3) is 4.46. The molecule has 154 valence electrons. The molecule has 3 rings (SSSR count). The Morgan fingerprint density at radius 1 is 1.25 bits per heavy atom. The number of hydrogen-bond donors (Lipinski definition) is 2. The van der Waals surface area contributed by atoms with Gasteiger partial charge in [0.15, 0.2) is 0 Å². The molecule has 28 heavy (non-hydrogen) atoms. The van der Waals surface area contributed by atoms with Gasteiger partial charge in [0.25, 0.3) is 5.91 Å². The summed E-state index contributed by atoms with van der Waals surface area (Å²) in [5.41, 5.74) is -0.882. The summed E-state index contributed by atoms with van der Waals surface area (Å²) in [7, 11) is 0. The summed E-state index contributed by atoms with van der Waals surface area (Å²) in [6.07, 6.45) is 7.91. The van der Waals surface area contributed by atoms with E-state index in [0.717, 1.165) is 38.5 Å². The maximum Gasteiger partial charge on any atom is 0.256 e. The van der Waals surface area contributed by atoms with Crippen molar-refractivity contribution in [3.05, 3.63) is 34.2 Å². The van der Waals surface area contributed by atoms with Gasteiger partial charge < -0.3 is 19.9 Å². The summed E-state index contributed by atoms with van der Waals surface area (Å²) in [5.74, 6) is -0.379. The fourth-order valence-electron chi connectivity index (χ4n) is 4.08. The normalized spacial score (nSPS) is 22.0. The van der Waals surface area contributed by atoms with E-state index in [-0.39, 0.29) is 29.5 Å². The molecule has 1 saturated heterocycles. The second kappa shape index (κ2) is 8.90. The second-order valence-electron chi connectivity index (χ2n) is 8.07. The largest absolute Gasteiger partial charge is 0.376 e. The van der Waals surface area contributed by atoms with Gasteiger partial charge in [-0.15, -0.1) is 0 Å². The lowest BCUT2D eigenvalue weighted by molar-refractivity contribution is -0.133. The van der Waals surface area contributed by atoms with Crippen LogP contribution in [0, 0.1) is 0 Å². The molecule has 2 aliphatic rings. The average molecular weight is 389 g/mol. The number of aromatic amines is 1. The summed E-state index contributed by atoms with van der Waals surface area (Å²) in [6.45, 7) is 4.80. The topological polar surface area (TPSA) is 91.5 Å². The van der Waals surface area contributed by atoms with Gasteiger partial charge in [0.2, 0.25) is 11.5 Å². The number of aromatic nitrogens is 1. The second-order valence-corrected chi connectivity index (χ2v) is 8.07. The van der Waals surface area contributed by atoms with Gasteiger partial charge >= 0.3 is 0 Å². The highest BCUT2D eigenvalue weighted by atomic mass is 16.5. The minimum absolute atomic E-state index is 0.0723. The van der Waals surface area contributed by atoms with Crippen molar-refractivity contribution in [3.63, 3.8) is 0 Å². The van der Waals surface area contributed by atoms with Gasteiger partial charge in [0.05, 0.1) is 11.7 Å². The zero-order valence-electron chi connectivity index (χ0n) is 16.8.